The van der Waals surface area contributed by atoms with Gasteiger partial charge in [0.1, 0.15) is 10.8 Å². The van der Waals surface area contributed by atoms with Crippen LogP contribution in [0.25, 0.3) is 0 Å². The molecule has 0 bridgehead atoms. The summed E-state index contributed by atoms with van der Waals surface area (Å²) in [6, 6.07) is 10.6. The summed E-state index contributed by atoms with van der Waals surface area (Å²) in [5, 5.41) is 6.39. The van der Waals surface area contributed by atoms with E-state index in [0.717, 1.165) is 36.1 Å². The molecule has 0 saturated heterocycles. The highest BCUT2D eigenvalue weighted by atomic mass is 32.1. The molecule has 0 saturated carbocycles. The molecule has 2 amide bonds. The van der Waals surface area contributed by atoms with Gasteiger partial charge in [-0.1, -0.05) is 12.1 Å². The van der Waals surface area contributed by atoms with Gasteiger partial charge in [-0.15, -0.1) is 11.3 Å². The molecule has 4 rings (SSSR count). The van der Waals surface area contributed by atoms with Crippen LogP contribution in [0.2, 0.25) is 0 Å². The van der Waals surface area contributed by atoms with Crippen molar-refractivity contribution in [3.8, 4) is 5.75 Å². The summed E-state index contributed by atoms with van der Waals surface area (Å²) in [7, 11) is 0. The molecule has 0 fully saturated rings. The van der Waals surface area contributed by atoms with E-state index in [-0.39, 0.29) is 17.6 Å². The zero-order chi connectivity index (χ0) is 20.2. The van der Waals surface area contributed by atoms with Crippen molar-refractivity contribution in [1.29, 1.82) is 0 Å². The van der Waals surface area contributed by atoms with Gasteiger partial charge in [0.25, 0.3) is 11.8 Å². The molecular weight excluding hydrogens is 388 g/mol. The Kier molecular flexibility index (Phi) is 5.67. The molecule has 0 atom stereocenters. The molecule has 0 radical (unpaired) electrons. The van der Waals surface area contributed by atoms with Gasteiger partial charge in [0.05, 0.1) is 24.1 Å². The standard InChI is InChI=1S/C22H22N2O4S/c1-2-27-16-10-5-4-9-15(16)23-21(26)19-14-8-3-6-12-18(14)29-22(19)24-20(25)17-11-7-13-28-17/h4-5,7,9-11,13H,2-3,6,8,12H2,1H3,(H,23,26)(H,24,25). The monoisotopic (exact) mass is 410 g/mol. The number of hydrogen-bond acceptors (Lipinski definition) is 5. The molecule has 0 unspecified atom stereocenters. The maximum absolute atomic E-state index is 13.3. The lowest BCUT2D eigenvalue weighted by Gasteiger charge is -2.15. The van der Waals surface area contributed by atoms with E-state index in [1.54, 1.807) is 12.1 Å². The van der Waals surface area contributed by atoms with Crippen LogP contribution in [-0.2, 0) is 12.8 Å². The van der Waals surface area contributed by atoms with E-state index in [2.05, 4.69) is 10.6 Å². The molecule has 2 aromatic heterocycles. The summed E-state index contributed by atoms with van der Waals surface area (Å²) in [4.78, 5) is 26.9. The average Bonchev–Trinajstić information content (AvgIpc) is 3.37. The number of furan rings is 1. The first-order chi connectivity index (χ1) is 14.2. The van der Waals surface area contributed by atoms with E-state index in [4.69, 9.17) is 9.15 Å². The number of thiophene rings is 1. The molecule has 29 heavy (non-hydrogen) atoms. The number of carbonyl (C=O) groups is 2. The van der Waals surface area contributed by atoms with Crippen molar-refractivity contribution in [3.63, 3.8) is 0 Å². The smallest absolute Gasteiger partial charge is 0.291 e. The number of rotatable bonds is 6. The highest BCUT2D eigenvalue weighted by molar-refractivity contribution is 7.17. The summed E-state index contributed by atoms with van der Waals surface area (Å²) in [5.41, 5.74) is 2.18. The van der Waals surface area contributed by atoms with Crippen molar-refractivity contribution in [2.75, 3.05) is 17.2 Å². The Morgan fingerprint density at radius 2 is 1.90 bits per heavy atom. The number of benzene rings is 1. The van der Waals surface area contributed by atoms with E-state index in [1.165, 1.54) is 17.6 Å². The van der Waals surface area contributed by atoms with Gasteiger partial charge in [-0.3, -0.25) is 9.59 Å². The minimum absolute atomic E-state index is 0.212. The van der Waals surface area contributed by atoms with E-state index < -0.39 is 0 Å². The Morgan fingerprint density at radius 3 is 2.69 bits per heavy atom. The molecule has 150 valence electrons. The van der Waals surface area contributed by atoms with Crippen molar-refractivity contribution in [1.82, 2.24) is 0 Å². The number of ether oxygens (including phenoxy) is 1. The van der Waals surface area contributed by atoms with Gasteiger partial charge in [0.15, 0.2) is 5.76 Å². The molecule has 2 heterocycles. The Bertz CT molecular complexity index is 1020. The van der Waals surface area contributed by atoms with Gasteiger partial charge in [-0.2, -0.15) is 0 Å². The molecule has 1 aliphatic rings. The highest BCUT2D eigenvalue weighted by Crippen LogP contribution is 2.39. The molecule has 1 aliphatic carbocycles. The fourth-order valence-electron chi connectivity index (χ4n) is 3.50. The summed E-state index contributed by atoms with van der Waals surface area (Å²) in [5.74, 6) is 0.224. The topological polar surface area (TPSA) is 80.6 Å². The molecule has 7 heteroatoms. The number of para-hydroxylation sites is 2. The summed E-state index contributed by atoms with van der Waals surface area (Å²) in [6.07, 6.45) is 5.33. The number of fused-ring (bicyclic) bond motifs is 1. The third-order valence-electron chi connectivity index (χ3n) is 4.81. The van der Waals surface area contributed by atoms with Crippen molar-refractivity contribution < 1.29 is 18.7 Å². The number of nitrogens with one attached hydrogen (secondary N) is 2. The second-order valence-electron chi connectivity index (χ2n) is 6.73. The normalized spacial score (nSPS) is 12.9. The third kappa shape index (κ3) is 4.05. The minimum atomic E-state index is -0.364. The number of hydrogen-bond donors (Lipinski definition) is 2. The maximum Gasteiger partial charge on any atom is 0.291 e. The van der Waals surface area contributed by atoms with Gasteiger partial charge in [-0.25, -0.2) is 0 Å². The van der Waals surface area contributed by atoms with E-state index in [9.17, 15) is 9.59 Å². The first kappa shape index (κ1) is 19.3. The lowest BCUT2D eigenvalue weighted by atomic mass is 9.95. The van der Waals surface area contributed by atoms with Crippen molar-refractivity contribution in [3.05, 3.63) is 64.4 Å². The van der Waals surface area contributed by atoms with Crippen LogP contribution < -0.4 is 15.4 Å². The van der Waals surface area contributed by atoms with Gasteiger partial charge < -0.3 is 19.8 Å². The predicted molar refractivity (Wildman–Crippen MR) is 113 cm³/mol. The van der Waals surface area contributed by atoms with Crippen LogP contribution in [0, 0.1) is 0 Å². The summed E-state index contributed by atoms with van der Waals surface area (Å²) in [6.45, 7) is 2.40. The van der Waals surface area contributed by atoms with Gasteiger partial charge in [-0.05, 0) is 62.4 Å². The van der Waals surface area contributed by atoms with Crippen molar-refractivity contribution in [2.24, 2.45) is 0 Å². The predicted octanol–water partition coefficient (Wildman–Crippen LogP) is 5.12. The zero-order valence-corrected chi connectivity index (χ0v) is 16.9. The van der Waals surface area contributed by atoms with Crippen LogP contribution in [-0.4, -0.2) is 18.4 Å². The van der Waals surface area contributed by atoms with Gasteiger partial charge in [0.2, 0.25) is 0 Å². The summed E-state index contributed by atoms with van der Waals surface area (Å²) < 4.78 is 10.8. The summed E-state index contributed by atoms with van der Waals surface area (Å²) >= 11 is 1.48. The van der Waals surface area contributed by atoms with Crippen molar-refractivity contribution in [2.45, 2.75) is 32.6 Å². The van der Waals surface area contributed by atoms with E-state index >= 15 is 0 Å². The number of amides is 2. The first-order valence-electron chi connectivity index (χ1n) is 9.70. The minimum Gasteiger partial charge on any atom is -0.492 e. The average molecular weight is 410 g/mol. The quantitative estimate of drug-likeness (QED) is 0.591. The van der Waals surface area contributed by atoms with E-state index in [0.29, 0.717) is 28.6 Å². The Morgan fingerprint density at radius 1 is 1.07 bits per heavy atom. The van der Waals surface area contributed by atoms with Crippen LogP contribution in [0.5, 0.6) is 5.75 Å². The maximum atomic E-state index is 13.3. The highest BCUT2D eigenvalue weighted by Gasteiger charge is 2.27. The largest absolute Gasteiger partial charge is 0.492 e. The molecule has 6 nitrogen and oxygen atoms in total. The van der Waals surface area contributed by atoms with Gasteiger partial charge in [0, 0.05) is 4.88 Å². The van der Waals surface area contributed by atoms with Crippen LogP contribution in [0.1, 0.15) is 51.1 Å². The molecule has 1 aromatic carbocycles. The van der Waals surface area contributed by atoms with E-state index in [1.807, 2.05) is 31.2 Å². The van der Waals surface area contributed by atoms with Crippen LogP contribution >= 0.6 is 11.3 Å². The Labute approximate surface area is 172 Å². The van der Waals surface area contributed by atoms with Gasteiger partial charge >= 0.3 is 0 Å². The molecule has 3 aromatic rings. The van der Waals surface area contributed by atoms with Crippen LogP contribution in [0.3, 0.4) is 0 Å². The van der Waals surface area contributed by atoms with Crippen LogP contribution in [0.4, 0.5) is 10.7 Å². The Hall–Kier alpha value is -3.06. The molecular formula is C22H22N2O4S. The SMILES string of the molecule is CCOc1ccccc1NC(=O)c1c(NC(=O)c2ccco2)sc2c1CCCC2. The zero-order valence-electron chi connectivity index (χ0n) is 16.1. The fourth-order valence-corrected chi connectivity index (χ4v) is 4.78. The molecule has 0 spiro atoms. The van der Waals surface area contributed by atoms with Crippen molar-refractivity contribution >= 4 is 33.8 Å². The number of aryl methyl sites for hydroxylation is 1. The molecule has 0 aliphatic heterocycles. The first-order valence-corrected chi connectivity index (χ1v) is 10.5. The fraction of sp³-hybridized carbons (Fsp3) is 0.273. The molecule has 2 N–H and O–H groups in total. The Balaban J connectivity index is 1.66. The number of anilines is 2. The lowest BCUT2D eigenvalue weighted by molar-refractivity contribution is 0.0997. The second-order valence-corrected chi connectivity index (χ2v) is 7.83. The third-order valence-corrected chi connectivity index (χ3v) is 6.01. The van der Waals surface area contributed by atoms with Crippen LogP contribution in [0.15, 0.2) is 47.1 Å². The lowest BCUT2D eigenvalue weighted by Crippen LogP contribution is -2.18. The second kappa shape index (κ2) is 8.53. The number of carbonyl (C=O) groups excluding carboxylic acids is 2.